The third kappa shape index (κ3) is 2.84. The highest BCUT2D eigenvalue weighted by Gasteiger charge is 2.28. The number of carbonyl (C=O) groups excluding carboxylic acids is 2. The maximum atomic E-state index is 13.0. The number of rotatable bonds is 3. The fourth-order valence-corrected chi connectivity index (χ4v) is 4.80. The molecule has 0 spiro atoms. The molecule has 1 aliphatic rings. The van der Waals surface area contributed by atoms with Gasteiger partial charge in [-0.1, -0.05) is 18.2 Å². The van der Waals surface area contributed by atoms with Crippen LogP contribution in [0.3, 0.4) is 0 Å². The van der Waals surface area contributed by atoms with Gasteiger partial charge in [0.2, 0.25) is 0 Å². The van der Waals surface area contributed by atoms with E-state index >= 15 is 0 Å². The Bertz CT molecular complexity index is 1290. The average Bonchev–Trinajstić information content (AvgIpc) is 2.61. The van der Waals surface area contributed by atoms with Gasteiger partial charge in [-0.15, -0.1) is 0 Å². The lowest BCUT2D eigenvalue weighted by molar-refractivity contribution is 0.0391. The molecule has 0 aromatic heterocycles. The lowest BCUT2D eigenvalue weighted by Crippen LogP contribution is -2.20. The standard InChI is InChI=1S/C21H17NO5S/c1-11-7-13(3)18(8-12(11)2)28(25,26)22-15-9-14-5-4-6-16-19(14)17(10-15)21(24)27-20(16)23/h4-10,22H,1-3H3. The summed E-state index contributed by atoms with van der Waals surface area (Å²) in [5.41, 5.74) is 3.17. The average molecular weight is 395 g/mol. The number of nitrogens with one attached hydrogen (secondary N) is 1. The summed E-state index contributed by atoms with van der Waals surface area (Å²) in [6, 6.07) is 11.4. The highest BCUT2D eigenvalue weighted by molar-refractivity contribution is 7.92. The summed E-state index contributed by atoms with van der Waals surface area (Å²) in [6.07, 6.45) is 0. The summed E-state index contributed by atoms with van der Waals surface area (Å²) in [5.74, 6) is -1.50. The van der Waals surface area contributed by atoms with E-state index in [0.717, 1.165) is 11.1 Å². The number of aryl methyl sites for hydroxylation is 3. The Hall–Kier alpha value is -3.19. The lowest BCUT2D eigenvalue weighted by atomic mass is 9.97. The van der Waals surface area contributed by atoms with Crippen LogP contribution in [0.1, 0.15) is 37.4 Å². The summed E-state index contributed by atoms with van der Waals surface area (Å²) in [7, 11) is -3.87. The van der Waals surface area contributed by atoms with Crippen molar-refractivity contribution in [2.24, 2.45) is 0 Å². The van der Waals surface area contributed by atoms with Crippen LogP contribution in [0.25, 0.3) is 10.8 Å². The minimum Gasteiger partial charge on any atom is -0.386 e. The number of esters is 2. The number of ether oxygens (including phenoxy) is 1. The van der Waals surface area contributed by atoms with Crippen LogP contribution in [-0.2, 0) is 14.8 Å². The van der Waals surface area contributed by atoms with E-state index in [0.29, 0.717) is 16.3 Å². The third-order valence-corrected chi connectivity index (χ3v) is 6.46. The number of hydrogen-bond donors (Lipinski definition) is 1. The molecule has 0 amide bonds. The van der Waals surface area contributed by atoms with Crippen molar-refractivity contribution in [2.75, 3.05) is 4.72 Å². The van der Waals surface area contributed by atoms with Crippen LogP contribution in [0.2, 0.25) is 0 Å². The number of sulfonamides is 1. The Kier molecular flexibility index (Phi) is 4.01. The summed E-state index contributed by atoms with van der Waals surface area (Å²) in [4.78, 5) is 24.3. The van der Waals surface area contributed by atoms with Gasteiger partial charge in [0, 0.05) is 5.39 Å². The van der Waals surface area contributed by atoms with Crippen molar-refractivity contribution in [1.82, 2.24) is 0 Å². The number of hydrogen-bond acceptors (Lipinski definition) is 5. The van der Waals surface area contributed by atoms with Crippen LogP contribution in [0.5, 0.6) is 0 Å². The van der Waals surface area contributed by atoms with E-state index in [9.17, 15) is 18.0 Å². The Morgan fingerprint density at radius 3 is 2.25 bits per heavy atom. The molecule has 0 radical (unpaired) electrons. The maximum Gasteiger partial charge on any atom is 0.346 e. The first kappa shape index (κ1) is 18.2. The Morgan fingerprint density at radius 2 is 1.50 bits per heavy atom. The van der Waals surface area contributed by atoms with E-state index in [4.69, 9.17) is 4.74 Å². The highest BCUT2D eigenvalue weighted by Crippen LogP contribution is 2.32. The van der Waals surface area contributed by atoms with Gasteiger partial charge < -0.3 is 4.74 Å². The van der Waals surface area contributed by atoms with E-state index < -0.39 is 22.0 Å². The van der Waals surface area contributed by atoms with Crippen LogP contribution in [0.4, 0.5) is 5.69 Å². The summed E-state index contributed by atoms with van der Waals surface area (Å²) in [5, 5.41) is 1.04. The molecule has 3 aromatic carbocycles. The molecule has 0 bridgehead atoms. The molecule has 0 atom stereocenters. The minimum absolute atomic E-state index is 0.155. The van der Waals surface area contributed by atoms with Gasteiger partial charge in [0.1, 0.15) is 0 Å². The summed E-state index contributed by atoms with van der Waals surface area (Å²) in [6.45, 7) is 5.51. The summed E-state index contributed by atoms with van der Waals surface area (Å²) >= 11 is 0. The number of anilines is 1. The van der Waals surface area contributed by atoms with Crippen LogP contribution in [-0.4, -0.2) is 20.4 Å². The normalized spacial score (nSPS) is 13.5. The third-order valence-electron chi connectivity index (χ3n) is 4.94. The molecule has 6 nitrogen and oxygen atoms in total. The van der Waals surface area contributed by atoms with E-state index in [-0.39, 0.29) is 21.7 Å². The van der Waals surface area contributed by atoms with Gasteiger partial charge in [0.05, 0.1) is 21.7 Å². The minimum atomic E-state index is -3.87. The fourth-order valence-electron chi connectivity index (χ4n) is 3.45. The van der Waals surface area contributed by atoms with Crippen molar-refractivity contribution < 1.29 is 22.7 Å². The second-order valence-corrected chi connectivity index (χ2v) is 8.56. The van der Waals surface area contributed by atoms with Gasteiger partial charge in [0.15, 0.2) is 0 Å². The summed E-state index contributed by atoms with van der Waals surface area (Å²) < 4.78 is 33.2. The molecule has 0 aliphatic carbocycles. The van der Waals surface area contributed by atoms with E-state index in [1.807, 2.05) is 19.9 Å². The Morgan fingerprint density at radius 1 is 0.821 bits per heavy atom. The smallest absolute Gasteiger partial charge is 0.346 e. The van der Waals surface area contributed by atoms with Crippen molar-refractivity contribution in [3.05, 3.63) is 70.3 Å². The second-order valence-electron chi connectivity index (χ2n) is 6.91. The van der Waals surface area contributed by atoms with Gasteiger partial charge in [-0.2, -0.15) is 0 Å². The van der Waals surface area contributed by atoms with Crippen LogP contribution in [0.15, 0.2) is 47.4 Å². The Balaban J connectivity index is 1.85. The fraction of sp³-hybridized carbons (Fsp3) is 0.143. The van der Waals surface area contributed by atoms with Gasteiger partial charge in [-0.3, -0.25) is 4.72 Å². The Labute approximate surface area is 162 Å². The molecule has 1 N–H and O–H groups in total. The van der Waals surface area contributed by atoms with Crippen LogP contribution in [0, 0.1) is 20.8 Å². The highest BCUT2D eigenvalue weighted by atomic mass is 32.2. The first-order valence-electron chi connectivity index (χ1n) is 8.61. The van der Waals surface area contributed by atoms with Crippen molar-refractivity contribution in [1.29, 1.82) is 0 Å². The van der Waals surface area contributed by atoms with E-state index in [1.54, 1.807) is 37.3 Å². The number of carbonyl (C=O) groups is 2. The molecule has 0 saturated carbocycles. The molecular weight excluding hydrogens is 378 g/mol. The first-order valence-corrected chi connectivity index (χ1v) is 10.1. The molecule has 0 unspecified atom stereocenters. The number of benzene rings is 3. The van der Waals surface area contributed by atoms with Gasteiger partial charge in [0.25, 0.3) is 10.0 Å². The quantitative estimate of drug-likeness (QED) is 0.537. The van der Waals surface area contributed by atoms with Crippen LogP contribution < -0.4 is 4.72 Å². The zero-order valence-electron chi connectivity index (χ0n) is 15.5. The van der Waals surface area contributed by atoms with Crippen molar-refractivity contribution in [2.45, 2.75) is 25.7 Å². The molecule has 28 heavy (non-hydrogen) atoms. The predicted octanol–water partition coefficient (Wildman–Crippen LogP) is 3.88. The number of cyclic esters (lactones) is 2. The molecule has 3 aromatic rings. The predicted molar refractivity (Wildman–Crippen MR) is 105 cm³/mol. The first-order chi connectivity index (χ1) is 13.2. The monoisotopic (exact) mass is 395 g/mol. The lowest BCUT2D eigenvalue weighted by Gasteiger charge is -2.18. The molecule has 7 heteroatoms. The topological polar surface area (TPSA) is 89.5 Å². The molecule has 1 aliphatic heterocycles. The van der Waals surface area contributed by atoms with Crippen LogP contribution >= 0.6 is 0 Å². The largest absolute Gasteiger partial charge is 0.386 e. The SMILES string of the molecule is Cc1cc(C)c(S(=O)(=O)Nc2cc3c4c(cccc4c2)C(=O)OC3=O)cc1C. The molecule has 142 valence electrons. The zero-order valence-corrected chi connectivity index (χ0v) is 16.3. The zero-order chi connectivity index (χ0) is 20.2. The second kappa shape index (κ2) is 6.17. The molecule has 4 rings (SSSR count). The molecule has 0 fully saturated rings. The van der Waals surface area contributed by atoms with E-state index in [2.05, 4.69) is 4.72 Å². The van der Waals surface area contributed by atoms with Crippen molar-refractivity contribution >= 4 is 38.4 Å². The van der Waals surface area contributed by atoms with Crippen molar-refractivity contribution in [3.63, 3.8) is 0 Å². The molecule has 0 saturated heterocycles. The van der Waals surface area contributed by atoms with Gasteiger partial charge in [-0.25, -0.2) is 18.0 Å². The maximum absolute atomic E-state index is 13.0. The van der Waals surface area contributed by atoms with Gasteiger partial charge in [-0.05, 0) is 67.1 Å². The van der Waals surface area contributed by atoms with Gasteiger partial charge >= 0.3 is 11.9 Å². The van der Waals surface area contributed by atoms with E-state index in [1.165, 1.54) is 6.07 Å². The molecular formula is C21H17NO5S. The molecule has 1 heterocycles. The van der Waals surface area contributed by atoms with Crippen molar-refractivity contribution in [3.8, 4) is 0 Å².